The molecule has 6 nitrogen and oxygen atoms in total. The third-order valence-electron chi connectivity index (χ3n) is 2.89. The molecule has 24 heavy (non-hydrogen) atoms. The normalized spacial score (nSPS) is 10.8. The Morgan fingerprint density at radius 2 is 2.12 bits per heavy atom. The van der Waals surface area contributed by atoms with Gasteiger partial charge in [0.2, 0.25) is 11.0 Å². The van der Waals surface area contributed by atoms with Gasteiger partial charge in [-0.3, -0.25) is 10.1 Å². The third-order valence-corrected chi connectivity index (χ3v) is 3.75. The van der Waals surface area contributed by atoms with Crippen LogP contribution in [0.4, 0.5) is 5.13 Å². The first-order valence-corrected chi connectivity index (χ1v) is 8.29. The Morgan fingerprint density at radius 3 is 2.79 bits per heavy atom. The fraction of sp³-hybridized carbons (Fsp3) is 0.294. The first-order valence-electron chi connectivity index (χ1n) is 7.48. The molecule has 1 aromatic heterocycles. The molecule has 0 aliphatic carbocycles. The number of benzene rings is 1. The topological polar surface area (TPSA) is 87.9 Å². The van der Waals surface area contributed by atoms with Crippen LogP contribution in [-0.4, -0.2) is 22.7 Å². The molecule has 0 atom stereocenters. The van der Waals surface area contributed by atoms with E-state index >= 15 is 0 Å². The highest BCUT2D eigenvalue weighted by Gasteiger charge is 2.07. The summed E-state index contributed by atoms with van der Waals surface area (Å²) in [6, 6.07) is 9.02. The number of nitriles is 1. The third kappa shape index (κ3) is 5.82. The molecule has 0 fully saturated rings. The molecule has 0 saturated heterocycles. The minimum Gasteiger partial charge on any atom is -0.479 e. The number of nitrogens with one attached hydrogen (secondary N) is 1. The number of hydrogen-bond donors (Lipinski definition) is 1. The molecule has 0 spiro atoms. The second-order valence-electron chi connectivity index (χ2n) is 5.44. The van der Waals surface area contributed by atoms with Crippen molar-refractivity contribution in [2.45, 2.75) is 20.3 Å². The smallest absolute Gasteiger partial charge is 0.250 e. The second kappa shape index (κ2) is 8.79. The fourth-order valence-electron chi connectivity index (χ4n) is 1.85. The summed E-state index contributed by atoms with van der Waals surface area (Å²) in [5.74, 6) is 0.859. The van der Waals surface area contributed by atoms with Crippen molar-refractivity contribution in [1.29, 1.82) is 5.26 Å². The predicted octanol–water partition coefficient (Wildman–Crippen LogP) is 3.29. The summed E-state index contributed by atoms with van der Waals surface area (Å²) in [6.07, 6.45) is 3.98. The zero-order chi connectivity index (χ0) is 17.4. The number of carbonyl (C=O) groups excluding carboxylic acids is 1. The van der Waals surface area contributed by atoms with Crippen LogP contribution in [-0.2, 0) is 11.2 Å². The van der Waals surface area contributed by atoms with Crippen LogP contribution in [0, 0.1) is 17.2 Å². The van der Waals surface area contributed by atoms with Gasteiger partial charge in [0.05, 0.1) is 0 Å². The summed E-state index contributed by atoms with van der Waals surface area (Å²) in [5, 5.41) is 20.6. The van der Waals surface area contributed by atoms with Gasteiger partial charge in [0.15, 0.2) is 6.61 Å². The van der Waals surface area contributed by atoms with Crippen molar-refractivity contribution in [2.75, 3.05) is 11.9 Å². The molecule has 0 radical (unpaired) electrons. The fourth-order valence-corrected chi connectivity index (χ4v) is 2.80. The van der Waals surface area contributed by atoms with Gasteiger partial charge in [-0.1, -0.05) is 37.3 Å². The summed E-state index contributed by atoms with van der Waals surface area (Å²) in [5.41, 5.74) is 0.854. The van der Waals surface area contributed by atoms with E-state index in [1.807, 2.05) is 18.2 Å². The lowest BCUT2D eigenvalue weighted by Crippen LogP contribution is -2.07. The maximum atomic E-state index is 11.9. The van der Waals surface area contributed by atoms with Crippen LogP contribution in [0.2, 0.25) is 0 Å². The summed E-state index contributed by atoms with van der Waals surface area (Å²) >= 11 is 1.39. The summed E-state index contributed by atoms with van der Waals surface area (Å²) in [6.45, 7) is 4.23. The van der Waals surface area contributed by atoms with E-state index in [1.165, 1.54) is 17.4 Å². The first-order chi connectivity index (χ1) is 11.6. The lowest BCUT2D eigenvalue weighted by Gasteiger charge is -2.01. The summed E-state index contributed by atoms with van der Waals surface area (Å²) in [7, 11) is 0. The first kappa shape index (κ1) is 17.6. The van der Waals surface area contributed by atoms with Gasteiger partial charge in [0.25, 0.3) is 0 Å². The Morgan fingerprint density at radius 1 is 1.38 bits per heavy atom. The molecule has 0 saturated carbocycles. The molecule has 1 amide bonds. The quantitative estimate of drug-likeness (QED) is 0.780. The van der Waals surface area contributed by atoms with Gasteiger partial charge in [0.1, 0.15) is 16.8 Å². The van der Waals surface area contributed by atoms with Gasteiger partial charge in [-0.2, -0.15) is 5.26 Å². The summed E-state index contributed by atoms with van der Waals surface area (Å²) in [4.78, 5) is 11.9. The van der Waals surface area contributed by atoms with E-state index < -0.39 is 0 Å². The number of carbonyl (C=O) groups is 1. The van der Waals surface area contributed by atoms with E-state index in [4.69, 9.17) is 10.00 Å². The maximum Gasteiger partial charge on any atom is 0.250 e. The van der Waals surface area contributed by atoms with Gasteiger partial charge in [-0.25, -0.2) is 0 Å². The van der Waals surface area contributed by atoms with E-state index in [0.29, 0.717) is 16.8 Å². The molecule has 7 heteroatoms. The van der Waals surface area contributed by atoms with Crippen LogP contribution >= 0.6 is 11.3 Å². The van der Waals surface area contributed by atoms with Crippen LogP contribution in [0.1, 0.15) is 24.4 Å². The molecular weight excluding hydrogens is 324 g/mol. The molecule has 0 aliphatic rings. The van der Waals surface area contributed by atoms with E-state index in [-0.39, 0.29) is 12.5 Å². The average Bonchev–Trinajstić information content (AvgIpc) is 2.98. The van der Waals surface area contributed by atoms with E-state index in [1.54, 1.807) is 18.2 Å². The molecule has 1 heterocycles. The van der Waals surface area contributed by atoms with E-state index in [0.717, 1.165) is 17.0 Å². The number of anilines is 1. The van der Waals surface area contributed by atoms with Crippen molar-refractivity contribution in [2.24, 2.45) is 5.92 Å². The van der Waals surface area contributed by atoms with Crippen molar-refractivity contribution in [3.8, 4) is 11.8 Å². The largest absolute Gasteiger partial charge is 0.479 e. The van der Waals surface area contributed by atoms with Crippen molar-refractivity contribution in [3.63, 3.8) is 0 Å². The molecule has 2 aromatic rings. The SMILES string of the molecule is CC(C)Cc1nnc(NC(=O)/C=C/c2ccc(OCC#N)cc2)s1. The van der Waals surface area contributed by atoms with Gasteiger partial charge in [-0.15, -0.1) is 10.2 Å². The lowest BCUT2D eigenvalue weighted by atomic mass is 10.1. The monoisotopic (exact) mass is 342 g/mol. The number of aromatic nitrogens is 2. The zero-order valence-corrected chi connectivity index (χ0v) is 14.3. The van der Waals surface area contributed by atoms with Crippen LogP contribution in [0.3, 0.4) is 0 Å². The van der Waals surface area contributed by atoms with E-state index in [2.05, 4.69) is 29.4 Å². The Kier molecular flexibility index (Phi) is 6.46. The number of amides is 1. The second-order valence-corrected chi connectivity index (χ2v) is 6.50. The number of nitrogens with zero attached hydrogens (tertiary/aromatic N) is 3. The zero-order valence-electron chi connectivity index (χ0n) is 13.5. The molecule has 124 valence electrons. The Balaban J connectivity index is 1.88. The van der Waals surface area contributed by atoms with Gasteiger partial charge in [0, 0.05) is 12.5 Å². The van der Waals surface area contributed by atoms with E-state index in [9.17, 15) is 4.79 Å². The minimum atomic E-state index is -0.257. The predicted molar refractivity (Wildman–Crippen MR) is 93.7 cm³/mol. The number of ether oxygens (including phenoxy) is 1. The van der Waals surface area contributed by atoms with Crippen LogP contribution in [0.25, 0.3) is 6.08 Å². The molecule has 0 unspecified atom stereocenters. The maximum absolute atomic E-state index is 11.9. The Labute approximate surface area is 144 Å². The standard InChI is InChI=1S/C17H18N4O2S/c1-12(2)11-16-20-21-17(24-16)19-15(22)8-5-13-3-6-14(7-4-13)23-10-9-18/h3-8,12H,10-11H2,1-2H3,(H,19,21,22)/b8-5+. The van der Waals surface area contributed by atoms with Gasteiger partial charge in [-0.05, 0) is 29.7 Å². The highest BCUT2D eigenvalue weighted by Crippen LogP contribution is 2.18. The molecule has 0 aliphatic heterocycles. The van der Waals surface area contributed by atoms with Gasteiger partial charge >= 0.3 is 0 Å². The molecule has 2 rings (SSSR count). The Hall–Kier alpha value is -2.72. The minimum absolute atomic E-state index is 0.0121. The van der Waals surface area contributed by atoms with Crippen molar-refractivity contribution in [1.82, 2.24) is 10.2 Å². The van der Waals surface area contributed by atoms with Crippen molar-refractivity contribution >= 4 is 28.5 Å². The molecular formula is C17H18N4O2S. The molecule has 1 N–H and O–H groups in total. The number of hydrogen-bond acceptors (Lipinski definition) is 6. The average molecular weight is 342 g/mol. The summed E-state index contributed by atoms with van der Waals surface area (Å²) < 4.78 is 5.17. The van der Waals surface area contributed by atoms with Crippen molar-refractivity contribution in [3.05, 3.63) is 40.9 Å². The Bertz CT molecular complexity index is 745. The van der Waals surface area contributed by atoms with Crippen LogP contribution < -0.4 is 10.1 Å². The molecule has 1 aromatic carbocycles. The number of rotatable bonds is 7. The van der Waals surface area contributed by atoms with Crippen LogP contribution in [0.5, 0.6) is 5.75 Å². The van der Waals surface area contributed by atoms with Crippen molar-refractivity contribution < 1.29 is 9.53 Å². The lowest BCUT2D eigenvalue weighted by molar-refractivity contribution is -0.111. The highest BCUT2D eigenvalue weighted by molar-refractivity contribution is 7.15. The highest BCUT2D eigenvalue weighted by atomic mass is 32.1. The van der Waals surface area contributed by atoms with Crippen LogP contribution in [0.15, 0.2) is 30.3 Å². The van der Waals surface area contributed by atoms with Gasteiger partial charge < -0.3 is 4.74 Å². The molecule has 0 bridgehead atoms.